The predicted octanol–water partition coefficient (Wildman–Crippen LogP) is 7.47. The van der Waals surface area contributed by atoms with Crippen LogP contribution in [-0.4, -0.2) is 19.7 Å². The maximum absolute atomic E-state index is 6.31. The molecule has 166 valence electrons. The minimum Gasteiger partial charge on any atom is -0.483 e. The first-order chi connectivity index (χ1) is 15.5. The summed E-state index contributed by atoms with van der Waals surface area (Å²) in [4.78, 5) is 4.75. The van der Waals surface area contributed by atoms with E-state index in [9.17, 15) is 0 Å². The van der Waals surface area contributed by atoms with Gasteiger partial charge < -0.3 is 9.30 Å². The fourth-order valence-electron chi connectivity index (χ4n) is 3.22. The molecule has 0 fully saturated rings. The van der Waals surface area contributed by atoms with Gasteiger partial charge in [-0.25, -0.2) is 4.98 Å². The van der Waals surface area contributed by atoms with Crippen LogP contribution in [0.4, 0.5) is 0 Å². The number of rotatable bonds is 8. The highest BCUT2D eigenvalue weighted by Gasteiger charge is 2.19. The minimum absolute atomic E-state index is 0.247. The Hall–Kier alpha value is -2.06. The maximum atomic E-state index is 6.31. The van der Waals surface area contributed by atoms with Crippen molar-refractivity contribution in [2.45, 2.75) is 44.3 Å². The van der Waals surface area contributed by atoms with Crippen LogP contribution in [-0.2, 0) is 12.3 Å². The summed E-state index contributed by atoms with van der Waals surface area (Å²) in [6.45, 7) is 6.76. The van der Waals surface area contributed by atoms with E-state index >= 15 is 0 Å². The lowest BCUT2D eigenvalue weighted by atomic mass is 10.2. The monoisotopic (exact) mass is 504 g/mol. The van der Waals surface area contributed by atoms with E-state index in [1.165, 1.54) is 0 Å². The van der Waals surface area contributed by atoms with Crippen molar-refractivity contribution in [3.8, 4) is 16.3 Å². The molecule has 2 aromatic carbocycles. The molecule has 0 spiro atoms. The number of hydrogen-bond donors (Lipinski definition) is 0. The Morgan fingerprint density at radius 2 is 1.94 bits per heavy atom. The molecule has 0 N–H and O–H groups in total. The first-order valence-electron chi connectivity index (χ1n) is 10.1. The molecule has 0 aliphatic rings. The average molecular weight is 505 g/mol. The van der Waals surface area contributed by atoms with Crippen LogP contribution in [0.5, 0.6) is 5.75 Å². The molecular weight excluding hydrogens is 483 g/mol. The highest BCUT2D eigenvalue weighted by molar-refractivity contribution is 7.98. The largest absolute Gasteiger partial charge is 0.483 e. The Balaban J connectivity index is 1.45. The summed E-state index contributed by atoms with van der Waals surface area (Å²) >= 11 is 15.6. The number of nitrogens with zero attached hydrogens (tertiary/aromatic N) is 4. The SMILES string of the molecule is CCn1c(SCc2csc(-c3ccccc3Cl)n2)nnc1C(C)Oc1ccc(Cl)c(C)c1. The number of aromatic nitrogens is 4. The second-order valence-corrected chi connectivity index (χ2v) is 9.78. The lowest BCUT2D eigenvalue weighted by Gasteiger charge is -2.16. The quantitative estimate of drug-likeness (QED) is 0.233. The van der Waals surface area contributed by atoms with Crippen LogP contribution < -0.4 is 4.74 Å². The van der Waals surface area contributed by atoms with Crippen molar-refractivity contribution >= 4 is 46.3 Å². The number of thioether (sulfide) groups is 1. The van der Waals surface area contributed by atoms with Crippen molar-refractivity contribution in [1.82, 2.24) is 19.7 Å². The molecule has 1 atom stereocenters. The van der Waals surface area contributed by atoms with E-state index < -0.39 is 0 Å². The van der Waals surface area contributed by atoms with Gasteiger partial charge in [-0.05, 0) is 50.6 Å². The molecule has 0 radical (unpaired) electrons. The van der Waals surface area contributed by atoms with Gasteiger partial charge in [-0.1, -0.05) is 53.2 Å². The van der Waals surface area contributed by atoms with Gasteiger partial charge in [0.1, 0.15) is 10.8 Å². The fourth-order valence-corrected chi connectivity index (χ4v) is 5.49. The molecule has 4 aromatic rings. The van der Waals surface area contributed by atoms with E-state index in [-0.39, 0.29) is 6.10 Å². The zero-order valence-corrected chi connectivity index (χ0v) is 21.0. The van der Waals surface area contributed by atoms with Crippen LogP contribution in [0.3, 0.4) is 0 Å². The van der Waals surface area contributed by atoms with Gasteiger partial charge in [-0.2, -0.15) is 0 Å². The summed E-state index contributed by atoms with van der Waals surface area (Å²) in [5.74, 6) is 2.25. The van der Waals surface area contributed by atoms with E-state index in [0.29, 0.717) is 10.8 Å². The van der Waals surface area contributed by atoms with E-state index in [1.807, 2.05) is 56.3 Å². The molecule has 5 nitrogen and oxygen atoms in total. The van der Waals surface area contributed by atoms with Gasteiger partial charge in [0.15, 0.2) is 17.1 Å². The van der Waals surface area contributed by atoms with Crippen molar-refractivity contribution in [3.05, 3.63) is 75.0 Å². The Bertz CT molecular complexity index is 1220. The Morgan fingerprint density at radius 3 is 2.69 bits per heavy atom. The number of thiazole rings is 1. The average Bonchev–Trinajstić information content (AvgIpc) is 3.42. The van der Waals surface area contributed by atoms with Crippen LogP contribution in [0.15, 0.2) is 53.0 Å². The number of hydrogen-bond acceptors (Lipinski definition) is 6. The summed E-state index contributed by atoms with van der Waals surface area (Å²) in [5, 5.41) is 14.1. The molecular formula is C23H22Cl2N4OS2. The van der Waals surface area contributed by atoms with E-state index in [4.69, 9.17) is 32.9 Å². The van der Waals surface area contributed by atoms with Gasteiger partial charge in [0.2, 0.25) is 0 Å². The summed E-state index contributed by atoms with van der Waals surface area (Å²) in [6, 6.07) is 13.4. The number of halogens is 2. The molecule has 0 aliphatic carbocycles. The molecule has 0 saturated heterocycles. The predicted molar refractivity (Wildman–Crippen MR) is 133 cm³/mol. The van der Waals surface area contributed by atoms with Crippen LogP contribution in [0.25, 0.3) is 10.6 Å². The molecule has 32 heavy (non-hydrogen) atoms. The zero-order valence-electron chi connectivity index (χ0n) is 17.9. The molecule has 0 saturated carbocycles. The Labute approximate surface area is 205 Å². The third-order valence-electron chi connectivity index (χ3n) is 4.87. The summed E-state index contributed by atoms with van der Waals surface area (Å²) < 4.78 is 8.19. The van der Waals surface area contributed by atoms with Crippen molar-refractivity contribution < 1.29 is 4.74 Å². The van der Waals surface area contributed by atoms with Crippen molar-refractivity contribution in [3.63, 3.8) is 0 Å². The lowest BCUT2D eigenvalue weighted by Crippen LogP contribution is -2.12. The highest BCUT2D eigenvalue weighted by Crippen LogP contribution is 2.32. The third-order valence-corrected chi connectivity index (χ3v) is 7.55. The molecule has 9 heteroatoms. The van der Waals surface area contributed by atoms with Crippen molar-refractivity contribution in [2.75, 3.05) is 0 Å². The van der Waals surface area contributed by atoms with Gasteiger partial charge in [0.25, 0.3) is 0 Å². The Morgan fingerprint density at radius 1 is 1.12 bits per heavy atom. The molecule has 0 bridgehead atoms. The summed E-state index contributed by atoms with van der Waals surface area (Å²) in [5.41, 5.74) is 2.92. The maximum Gasteiger partial charge on any atom is 0.191 e. The second-order valence-electron chi connectivity index (χ2n) is 7.17. The van der Waals surface area contributed by atoms with Crippen molar-refractivity contribution in [1.29, 1.82) is 0 Å². The lowest BCUT2D eigenvalue weighted by molar-refractivity contribution is 0.210. The molecule has 1 unspecified atom stereocenters. The van der Waals surface area contributed by atoms with Gasteiger partial charge in [-0.15, -0.1) is 21.5 Å². The normalized spacial score (nSPS) is 12.2. The third kappa shape index (κ3) is 5.12. The smallest absolute Gasteiger partial charge is 0.191 e. The van der Waals surface area contributed by atoms with E-state index in [2.05, 4.69) is 27.1 Å². The minimum atomic E-state index is -0.247. The number of benzene rings is 2. The van der Waals surface area contributed by atoms with Crippen LogP contribution in [0, 0.1) is 6.92 Å². The standard InChI is InChI=1S/C23H22Cl2N4OS2/c1-4-29-21(15(3)30-17-9-10-19(24)14(2)11-17)27-28-23(29)32-13-16-12-31-22(26-16)18-7-5-6-8-20(18)25/h5-12,15H,4,13H2,1-3H3. The second kappa shape index (κ2) is 10.3. The summed E-state index contributed by atoms with van der Waals surface area (Å²) in [6.07, 6.45) is -0.247. The number of ether oxygens (including phenoxy) is 1. The molecule has 2 aromatic heterocycles. The zero-order chi connectivity index (χ0) is 22.7. The fraction of sp³-hybridized carbons (Fsp3) is 0.261. The van der Waals surface area contributed by atoms with Gasteiger partial charge in [0.05, 0.1) is 10.7 Å². The highest BCUT2D eigenvalue weighted by atomic mass is 35.5. The van der Waals surface area contributed by atoms with E-state index in [1.54, 1.807) is 23.1 Å². The molecule has 2 heterocycles. The van der Waals surface area contributed by atoms with Gasteiger partial charge in [0, 0.05) is 28.3 Å². The van der Waals surface area contributed by atoms with E-state index in [0.717, 1.165) is 50.1 Å². The molecule has 0 amide bonds. The molecule has 4 rings (SSSR count). The van der Waals surface area contributed by atoms with Crippen LogP contribution >= 0.6 is 46.3 Å². The van der Waals surface area contributed by atoms with Gasteiger partial charge >= 0.3 is 0 Å². The molecule has 0 aliphatic heterocycles. The van der Waals surface area contributed by atoms with Crippen LogP contribution in [0.2, 0.25) is 10.0 Å². The van der Waals surface area contributed by atoms with Gasteiger partial charge in [-0.3, -0.25) is 0 Å². The first-order valence-corrected chi connectivity index (χ1v) is 12.8. The topological polar surface area (TPSA) is 52.8 Å². The Kier molecular flexibility index (Phi) is 7.40. The van der Waals surface area contributed by atoms with Crippen molar-refractivity contribution in [2.24, 2.45) is 0 Å². The first kappa shape index (κ1) is 23.1. The van der Waals surface area contributed by atoms with Crippen LogP contribution in [0.1, 0.15) is 37.0 Å². The summed E-state index contributed by atoms with van der Waals surface area (Å²) in [7, 11) is 0. The number of aryl methyl sites for hydroxylation is 1.